The van der Waals surface area contributed by atoms with Crippen LogP contribution in [0.1, 0.15) is 57.2 Å². The van der Waals surface area contributed by atoms with Crippen LogP contribution in [0.15, 0.2) is 4.52 Å². The molecule has 1 heterocycles. The summed E-state index contributed by atoms with van der Waals surface area (Å²) in [5.41, 5.74) is 0. The topological polar surface area (TPSA) is 38.9 Å². The third-order valence-corrected chi connectivity index (χ3v) is 6.80. The maximum Gasteiger partial charge on any atom is 0.230 e. The summed E-state index contributed by atoms with van der Waals surface area (Å²) in [7, 11) is 0. The molecule has 3 aliphatic rings. The van der Waals surface area contributed by atoms with E-state index in [4.69, 9.17) is 27.7 Å². The average molecular weight is 329 g/mol. The van der Waals surface area contributed by atoms with Gasteiger partial charge in [0.2, 0.25) is 5.89 Å². The van der Waals surface area contributed by atoms with Gasteiger partial charge in [-0.2, -0.15) is 4.98 Å². The smallest absolute Gasteiger partial charge is 0.230 e. The molecule has 3 aliphatic carbocycles. The van der Waals surface area contributed by atoms with Crippen LogP contribution in [-0.2, 0) is 6.42 Å². The largest absolute Gasteiger partial charge is 0.339 e. The Kier molecular flexibility index (Phi) is 3.31. The van der Waals surface area contributed by atoms with E-state index in [-0.39, 0.29) is 0 Å². The number of aromatic nitrogens is 2. The Balaban J connectivity index is 1.42. The van der Waals surface area contributed by atoms with E-state index in [0.717, 1.165) is 31.0 Å². The molecule has 0 amide bonds. The van der Waals surface area contributed by atoms with Gasteiger partial charge in [0.15, 0.2) is 5.82 Å². The molecule has 4 atom stereocenters. The van der Waals surface area contributed by atoms with E-state index in [1.807, 2.05) is 0 Å². The highest BCUT2D eigenvalue weighted by atomic mass is 35.5. The molecule has 3 nitrogen and oxygen atoms in total. The Labute approximate surface area is 135 Å². The van der Waals surface area contributed by atoms with Crippen molar-refractivity contribution in [3.8, 4) is 0 Å². The number of nitrogens with zero attached hydrogens (tertiary/aromatic N) is 2. The Morgan fingerprint density at radius 2 is 1.76 bits per heavy atom. The third kappa shape index (κ3) is 2.41. The van der Waals surface area contributed by atoms with E-state index in [1.54, 1.807) is 0 Å². The van der Waals surface area contributed by atoms with Gasteiger partial charge in [-0.1, -0.05) is 19.0 Å². The van der Waals surface area contributed by atoms with Crippen molar-refractivity contribution < 1.29 is 4.52 Å². The molecule has 0 radical (unpaired) electrons. The highest BCUT2D eigenvalue weighted by molar-refractivity contribution is 6.51. The van der Waals surface area contributed by atoms with Gasteiger partial charge in [-0.3, -0.25) is 0 Å². The molecule has 3 fully saturated rings. The minimum atomic E-state index is -0.429. The van der Waals surface area contributed by atoms with Crippen LogP contribution in [0.5, 0.6) is 0 Å². The van der Waals surface area contributed by atoms with Gasteiger partial charge in [-0.15, -0.1) is 23.2 Å². The molecule has 0 N–H and O–H groups in total. The van der Waals surface area contributed by atoms with Crippen molar-refractivity contribution in [1.82, 2.24) is 10.1 Å². The number of fused-ring (bicyclic) bond motifs is 2. The maximum absolute atomic E-state index is 6.35. The molecule has 0 spiro atoms. The lowest BCUT2D eigenvalue weighted by atomic mass is 10.0. The first-order valence-corrected chi connectivity index (χ1v) is 8.94. The molecule has 0 aromatic carbocycles. The average Bonchev–Trinajstić information content (AvgIpc) is 3.06. The van der Waals surface area contributed by atoms with E-state index in [9.17, 15) is 0 Å². The summed E-state index contributed by atoms with van der Waals surface area (Å²) in [6.07, 6.45) is 5.63. The minimum Gasteiger partial charge on any atom is -0.339 e. The Hall–Kier alpha value is -0.280. The zero-order valence-corrected chi connectivity index (χ0v) is 14.1. The zero-order chi connectivity index (χ0) is 14.8. The van der Waals surface area contributed by atoms with E-state index in [0.29, 0.717) is 35.5 Å². The van der Waals surface area contributed by atoms with Crippen LogP contribution in [-0.4, -0.2) is 14.5 Å². The summed E-state index contributed by atoms with van der Waals surface area (Å²) in [5, 5.41) is 4.14. The summed E-state index contributed by atoms with van der Waals surface area (Å²) in [6, 6.07) is 0. The van der Waals surface area contributed by atoms with Crippen molar-refractivity contribution in [2.75, 3.05) is 0 Å². The molecule has 4 unspecified atom stereocenters. The van der Waals surface area contributed by atoms with Crippen molar-refractivity contribution in [2.45, 2.75) is 56.2 Å². The molecular weight excluding hydrogens is 307 g/mol. The second kappa shape index (κ2) is 4.86. The monoisotopic (exact) mass is 328 g/mol. The lowest BCUT2D eigenvalue weighted by Crippen LogP contribution is -1.96. The predicted molar refractivity (Wildman–Crippen MR) is 82.4 cm³/mol. The molecule has 0 aliphatic heterocycles. The summed E-state index contributed by atoms with van der Waals surface area (Å²) in [6.45, 7) is 4.36. The minimum absolute atomic E-state index is 0.429. The Bertz CT molecular complexity index is 520. The van der Waals surface area contributed by atoms with Crippen LogP contribution < -0.4 is 0 Å². The van der Waals surface area contributed by atoms with Gasteiger partial charge in [0, 0.05) is 12.3 Å². The van der Waals surface area contributed by atoms with Crippen molar-refractivity contribution >= 4 is 23.2 Å². The van der Waals surface area contributed by atoms with Crippen LogP contribution in [0.25, 0.3) is 0 Å². The van der Waals surface area contributed by atoms with Crippen LogP contribution >= 0.6 is 23.2 Å². The molecule has 1 aromatic rings. The molecule has 5 heteroatoms. The highest BCUT2D eigenvalue weighted by Crippen LogP contribution is 2.69. The number of hydrogen-bond acceptors (Lipinski definition) is 3. The fourth-order valence-corrected chi connectivity index (χ4v) is 5.36. The molecule has 116 valence electrons. The first-order valence-electron chi connectivity index (χ1n) is 8.18. The SMILES string of the molecule is CC(C)Cc1noc(C2C3CCC4C(CCC32)C4(Cl)Cl)n1. The normalized spacial score (nSPS) is 40.1. The van der Waals surface area contributed by atoms with E-state index >= 15 is 0 Å². The van der Waals surface area contributed by atoms with Crippen LogP contribution in [0.3, 0.4) is 0 Å². The third-order valence-electron chi connectivity index (χ3n) is 5.68. The number of rotatable bonds is 3. The summed E-state index contributed by atoms with van der Waals surface area (Å²) < 4.78 is 5.10. The van der Waals surface area contributed by atoms with Crippen LogP contribution in [0.4, 0.5) is 0 Å². The lowest BCUT2D eigenvalue weighted by molar-refractivity contribution is 0.364. The zero-order valence-electron chi connectivity index (χ0n) is 12.6. The molecule has 1 aromatic heterocycles. The lowest BCUT2D eigenvalue weighted by Gasteiger charge is -2.03. The fraction of sp³-hybridized carbons (Fsp3) is 0.875. The van der Waals surface area contributed by atoms with Crippen LogP contribution in [0, 0.1) is 29.6 Å². The van der Waals surface area contributed by atoms with E-state index < -0.39 is 4.33 Å². The summed E-state index contributed by atoms with van der Waals surface area (Å²) >= 11 is 12.7. The number of halogens is 2. The number of hydrogen-bond donors (Lipinski definition) is 0. The van der Waals surface area contributed by atoms with Gasteiger partial charge >= 0.3 is 0 Å². The van der Waals surface area contributed by atoms with Crippen molar-refractivity contribution in [2.24, 2.45) is 29.6 Å². The standard InChI is InChI=1S/C16H22Cl2N2O/c1-8(2)7-13-19-15(21-20-13)14-9-3-5-11-12(16(11,17)18)6-4-10(9)14/h8-12,14H,3-7H2,1-2H3. The van der Waals surface area contributed by atoms with Crippen molar-refractivity contribution in [3.63, 3.8) is 0 Å². The first kappa shape index (κ1) is 14.3. The van der Waals surface area contributed by atoms with Crippen molar-refractivity contribution in [3.05, 3.63) is 11.7 Å². The van der Waals surface area contributed by atoms with Gasteiger partial charge in [-0.05, 0) is 55.3 Å². The predicted octanol–water partition coefficient (Wildman–Crippen LogP) is 4.59. The first-order chi connectivity index (χ1) is 9.98. The van der Waals surface area contributed by atoms with E-state index in [2.05, 4.69) is 24.0 Å². The second-order valence-corrected chi connectivity index (χ2v) is 8.99. The molecular formula is C16H22Cl2N2O. The van der Waals surface area contributed by atoms with Gasteiger partial charge in [0.1, 0.15) is 4.33 Å². The summed E-state index contributed by atoms with van der Waals surface area (Å²) in [4.78, 5) is 4.63. The molecule has 0 saturated heterocycles. The second-order valence-electron chi connectivity index (χ2n) is 7.54. The van der Waals surface area contributed by atoms with Gasteiger partial charge in [-0.25, -0.2) is 0 Å². The fourth-order valence-electron chi connectivity index (χ4n) is 4.44. The van der Waals surface area contributed by atoms with Gasteiger partial charge < -0.3 is 4.52 Å². The molecule has 3 saturated carbocycles. The highest BCUT2D eigenvalue weighted by Gasteiger charge is 2.65. The maximum atomic E-state index is 6.35. The molecule has 21 heavy (non-hydrogen) atoms. The molecule has 0 bridgehead atoms. The van der Waals surface area contributed by atoms with Gasteiger partial charge in [0.05, 0.1) is 0 Å². The molecule has 4 rings (SSSR count). The van der Waals surface area contributed by atoms with Crippen molar-refractivity contribution in [1.29, 1.82) is 0 Å². The Morgan fingerprint density at radius 1 is 1.14 bits per heavy atom. The summed E-state index contributed by atoms with van der Waals surface area (Å²) in [5.74, 6) is 5.25. The van der Waals surface area contributed by atoms with Crippen LogP contribution in [0.2, 0.25) is 0 Å². The van der Waals surface area contributed by atoms with Gasteiger partial charge in [0.25, 0.3) is 0 Å². The quantitative estimate of drug-likeness (QED) is 0.761. The number of alkyl halides is 2. The van der Waals surface area contributed by atoms with E-state index in [1.165, 1.54) is 12.8 Å². The Morgan fingerprint density at radius 3 is 2.33 bits per heavy atom.